The average Bonchev–Trinajstić information content (AvgIpc) is 2.89. The zero-order chi connectivity index (χ0) is 27.5. The summed E-state index contributed by atoms with van der Waals surface area (Å²) >= 11 is 2.80. The Labute approximate surface area is 227 Å². The first-order valence-electron chi connectivity index (χ1n) is 12.3. The summed E-state index contributed by atoms with van der Waals surface area (Å²) < 4.78 is 20.3. The minimum atomic E-state index is -0.305. The number of thioether (sulfide) groups is 2. The Balaban J connectivity index is 1.63. The molecule has 0 unspecified atom stereocenters. The van der Waals surface area contributed by atoms with Crippen LogP contribution in [0.4, 0.5) is 0 Å². The molecule has 0 atom stereocenters. The van der Waals surface area contributed by atoms with E-state index in [1.54, 1.807) is 13.8 Å². The predicted octanol–water partition coefficient (Wildman–Crippen LogP) is 5.04. The molecule has 0 saturated heterocycles. The quantitative estimate of drug-likeness (QED) is 0.191. The van der Waals surface area contributed by atoms with Crippen LogP contribution in [-0.2, 0) is 38.1 Å². The van der Waals surface area contributed by atoms with Crippen molar-refractivity contribution in [1.82, 2.24) is 0 Å². The van der Waals surface area contributed by atoms with Gasteiger partial charge in [0.05, 0.1) is 38.2 Å². The molecule has 2 aliphatic rings. The van der Waals surface area contributed by atoms with Crippen molar-refractivity contribution in [1.29, 1.82) is 0 Å². The molecule has 0 heterocycles. The Hall–Kier alpha value is -2.46. The van der Waals surface area contributed by atoms with E-state index in [1.165, 1.54) is 52.0 Å². The number of rotatable bonds is 16. The molecule has 37 heavy (non-hydrogen) atoms. The second kappa shape index (κ2) is 15.1. The third kappa shape index (κ3) is 7.31. The van der Waals surface area contributed by atoms with Gasteiger partial charge in [0, 0.05) is 11.1 Å². The fourth-order valence-corrected chi connectivity index (χ4v) is 6.20. The van der Waals surface area contributed by atoms with E-state index < -0.39 is 0 Å². The molecule has 0 aromatic carbocycles. The number of ketones is 4. The highest BCUT2D eigenvalue weighted by Crippen LogP contribution is 2.34. The largest absolute Gasteiger partial charge is 0.489 e. The third-order valence-corrected chi connectivity index (χ3v) is 8.66. The highest BCUT2D eigenvalue weighted by atomic mass is 32.2. The number of hydrogen-bond donors (Lipinski definition) is 0. The number of methoxy groups -OCH3 is 4. The monoisotopic (exact) mass is 552 g/mol. The van der Waals surface area contributed by atoms with Crippen LogP contribution in [0.5, 0.6) is 0 Å². The topological polar surface area (TPSA) is 105 Å². The molecule has 0 spiro atoms. The molecule has 0 N–H and O–H groups in total. The molecule has 204 valence electrons. The molecule has 0 saturated carbocycles. The van der Waals surface area contributed by atoms with Crippen LogP contribution >= 0.6 is 23.5 Å². The van der Waals surface area contributed by atoms with Gasteiger partial charge >= 0.3 is 0 Å². The minimum Gasteiger partial charge on any atom is -0.489 e. The van der Waals surface area contributed by atoms with Gasteiger partial charge in [0.25, 0.3) is 0 Å². The zero-order valence-electron chi connectivity index (χ0n) is 22.4. The highest BCUT2D eigenvalue weighted by molar-refractivity contribution is 8.04. The number of allylic oxidation sites excluding steroid dienone is 4. The molecule has 0 radical (unpaired) electrons. The van der Waals surface area contributed by atoms with Crippen molar-refractivity contribution < 1.29 is 38.1 Å². The van der Waals surface area contributed by atoms with E-state index in [1.807, 2.05) is 0 Å². The summed E-state index contributed by atoms with van der Waals surface area (Å²) in [4.78, 5) is 51.0. The maximum absolute atomic E-state index is 12.6. The number of unbranched alkanes of at least 4 members (excludes halogenated alkanes) is 6. The molecule has 10 heteroatoms. The van der Waals surface area contributed by atoms with Crippen molar-refractivity contribution >= 4 is 46.7 Å². The summed E-state index contributed by atoms with van der Waals surface area (Å²) in [5.74, 6) is 0.195. The molecule has 2 aliphatic carbocycles. The lowest BCUT2D eigenvalue weighted by Crippen LogP contribution is -2.24. The first kappa shape index (κ1) is 30.8. The van der Waals surface area contributed by atoms with Crippen molar-refractivity contribution in [2.75, 3.05) is 39.9 Å². The van der Waals surface area contributed by atoms with E-state index in [9.17, 15) is 19.2 Å². The Morgan fingerprint density at radius 3 is 1.03 bits per heavy atom. The van der Waals surface area contributed by atoms with Gasteiger partial charge < -0.3 is 18.9 Å². The van der Waals surface area contributed by atoms with E-state index in [2.05, 4.69) is 0 Å². The van der Waals surface area contributed by atoms with Gasteiger partial charge in [-0.05, 0) is 38.2 Å². The van der Waals surface area contributed by atoms with Gasteiger partial charge in [-0.3, -0.25) is 19.2 Å². The Kier molecular flexibility index (Phi) is 12.5. The summed E-state index contributed by atoms with van der Waals surface area (Å²) in [6.45, 7) is 3.30. The predicted molar refractivity (Wildman–Crippen MR) is 145 cm³/mol. The van der Waals surface area contributed by atoms with E-state index in [0.717, 1.165) is 56.5 Å². The summed E-state index contributed by atoms with van der Waals surface area (Å²) in [6, 6.07) is 0. The number of carbonyl (C=O) groups is 4. The van der Waals surface area contributed by atoms with Crippen LogP contribution in [0.2, 0.25) is 0 Å². The maximum atomic E-state index is 12.6. The van der Waals surface area contributed by atoms with Gasteiger partial charge in [-0.2, -0.15) is 0 Å². The van der Waals surface area contributed by atoms with Gasteiger partial charge in [0.2, 0.25) is 46.2 Å². The van der Waals surface area contributed by atoms with Gasteiger partial charge in [-0.15, -0.1) is 23.5 Å². The minimum absolute atomic E-state index is 0.0278. The van der Waals surface area contributed by atoms with E-state index in [-0.39, 0.29) is 46.2 Å². The Morgan fingerprint density at radius 2 is 0.730 bits per heavy atom. The van der Waals surface area contributed by atoms with Gasteiger partial charge in [-0.25, -0.2) is 0 Å². The van der Waals surface area contributed by atoms with Crippen LogP contribution in [0.1, 0.15) is 58.8 Å². The smallest absolute Gasteiger partial charge is 0.238 e. The number of ether oxygens (including phenoxy) is 4. The van der Waals surface area contributed by atoms with Crippen LogP contribution in [0, 0.1) is 0 Å². The molecule has 0 fully saturated rings. The zero-order valence-corrected chi connectivity index (χ0v) is 24.1. The third-order valence-electron chi connectivity index (χ3n) is 6.11. The van der Waals surface area contributed by atoms with Crippen LogP contribution in [0.3, 0.4) is 0 Å². The van der Waals surface area contributed by atoms with Crippen molar-refractivity contribution in [3.63, 3.8) is 0 Å². The molecule has 2 rings (SSSR count). The molecule has 0 aromatic rings. The second-order valence-electron chi connectivity index (χ2n) is 8.53. The summed E-state index contributed by atoms with van der Waals surface area (Å²) in [7, 11) is 5.44. The molecule has 0 bridgehead atoms. The standard InChI is InChI=1S/C27H36O8S2/c1-16-18(28)22(32-3)24(34-5)20(30)26(16)36-14-12-10-8-7-9-11-13-15-37-27-17(2)19(29)23(33-4)25(35-6)21(27)31/h7-15H2,1-6H3. The SMILES string of the molecule is COC1=C(OC)C(=O)C(SCCCCCCCCCSC2=C(C)C(=O)C(OC)=C(OC)C2=O)=C(C)C1=O. The van der Waals surface area contributed by atoms with Crippen molar-refractivity contribution in [2.45, 2.75) is 58.8 Å². The molecule has 0 amide bonds. The van der Waals surface area contributed by atoms with Crippen LogP contribution in [-0.4, -0.2) is 63.1 Å². The summed E-state index contributed by atoms with van der Waals surface area (Å²) in [6.07, 6.45) is 7.28. The first-order chi connectivity index (χ1) is 17.7. The number of carbonyl (C=O) groups excluding carboxylic acids is 4. The summed E-state index contributed by atoms with van der Waals surface area (Å²) in [5.41, 5.74) is 0.814. The van der Waals surface area contributed by atoms with Crippen LogP contribution < -0.4 is 0 Å². The van der Waals surface area contributed by atoms with E-state index in [4.69, 9.17) is 18.9 Å². The molecular weight excluding hydrogens is 516 g/mol. The normalized spacial score (nSPS) is 16.8. The van der Waals surface area contributed by atoms with Crippen LogP contribution in [0.25, 0.3) is 0 Å². The fourth-order valence-electron chi connectivity index (χ4n) is 4.03. The number of Topliss-reactive ketones (excluding diaryl/α,β-unsaturated/α-hetero) is 4. The average molecular weight is 553 g/mol. The van der Waals surface area contributed by atoms with Gasteiger partial charge in [0.1, 0.15) is 0 Å². The van der Waals surface area contributed by atoms with Crippen molar-refractivity contribution in [3.8, 4) is 0 Å². The molecular formula is C27H36O8S2. The van der Waals surface area contributed by atoms with Crippen molar-refractivity contribution in [2.24, 2.45) is 0 Å². The van der Waals surface area contributed by atoms with E-state index >= 15 is 0 Å². The lowest BCUT2D eigenvalue weighted by atomic mass is 10.0. The van der Waals surface area contributed by atoms with Crippen LogP contribution in [0.15, 0.2) is 44.0 Å². The number of hydrogen-bond acceptors (Lipinski definition) is 10. The molecule has 0 aliphatic heterocycles. The van der Waals surface area contributed by atoms with Gasteiger partial charge in [-0.1, -0.05) is 32.1 Å². The Morgan fingerprint density at radius 1 is 0.459 bits per heavy atom. The lowest BCUT2D eigenvalue weighted by Gasteiger charge is -2.19. The van der Waals surface area contributed by atoms with E-state index in [0.29, 0.717) is 21.0 Å². The van der Waals surface area contributed by atoms with Crippen molar-refractivity contribution in [3.05, 3.63) is 44.0 Å². The Bertz CT molecular complexity index is 967. The highest BCUT2D eigenvalue weighted by Gasteiger charge is 2.36. The summed E-state index contributed by atoms with van der Waals surface area (Å²) in [5, 5.41) is 0. The first-order valence-corrected chi connectivity index (χ1v) is 14.2. The second-order valence-corrected chi connectivity index (χ2v) is 10.7. The lowest BCUT2D eigenvalue weighted by molar-refractivity contribution is -0.120. The maximum Gasteiger partial charge on any atom is 0.238 e. The fraction of sp³-hybridized carbons (Fsp3) is 0.556. The molecule has 0 aromatic heterocycles. The van der Waals surface area contributed by atoms with Gasteiger partial charge in [0.15, 0.2) is 0 Å². The molecule has 8 nitrogen and oxygen atoms in total.